The van der Waals surface area contributed by atoms with Crippen LogP contribution in [0.4, 0.5) is 5.82 Å². The van der Waals surface area contributed by atoms with Crippen LogP contribution in [0, 0.1) is 6.92 Å². The molecule has 0 atom stereocenters. The average Bonchev–Trinajstić information content (AvgIpc) is 2.61. The van der Waals surface area contributed by atoms with E-state index >= 15 is 0 Å². The summed E-state index contributed by atoms with van der Waals surface area (Å²) in [6, 6.07) is 2.00. The van der Waals surface area contributed by atoms with E-state index in [2.05, 4.69) is 30.2 Å². The van der Waals surface area contributed by atoms with Crippen LogP contribution >= 0.6 is 0 Å². The van der Waals surface area contributed by atoms with E-state index in [0.717, 1.165) is 24.6 Å². The fourth-order valence-corrected chi connectivity index (χ4v) is 2.64. The van der Waals surface area contributed by atoms with E-state index in [-0.39, 0.29) is 18.1 Å². The summed E-state index contributed by atoms with van der Waals surface area (Å²) in [6.07, 6.45) is 8.13. The van der Waals surface area contributed by atoms with Gasteiger partial charge < -0.3 is 10.2 Å². The molecule has 1 aliphatic heterocycles. The summed E-state index contributed by atoms with van der Waals surface area (Å²) >= 11 is 0. The molecule has 0 aliphatic carbocycles. The summed E-state index contributed by atoms with van der Waals surface area (Å²) in [6.45, 7) is 4.28. The molecule has 0 spiro atoms. The van der Waals surface area contributed by atoms with E-state index in [1.165, 1.54) is 37.9 Å². The Hall–Kier alpha value is -2.57. The van der Waals surface area contributed by atoms with Gasteiger partial charge in [-0.2, -0.15) is 0 Å². The lowest BCUT2D eigenvalue weighted by atomic mass is 10.1. The maximum Gasteiger partial charge on any atom is 0.271 e. The number of hydrogen-bond donors (Lipinski definition) is 1. The van der Waals surface area contributed by atoms with Crippen molar-refractivity contribution in [1.82, 2.24) is 25.3 Å². The summed E-state index contributed by atoms with van der Waals surface area (Å²) in [5.74, 6) is 1.28. The van der Waals surface area contributed by atoms with Gasteiger partial charge in [0.25, 0.3) is 5.91 Å². The van der Waals surface area contributed by atoms with Crippen LogP contribution in [0.15, 0.2) is 24.7 Å². The molecular weight excluding hydrogens is 292 g/mol. The van der Waals surface area contributed by atoms with E-state index in [1.807, 2.05) is 13.0 Å². The first kappa shape index (κ1) is 15.3. The Morgan fingerprint density at radius 1 is 1.22 bits per heavy atom. The van der Waals surface area contributed by atoms with Crippen LogP contribution in [0.2, 0.25) is 0 Å². The zero-order chi connectivity index (χ0) is 16.1. The highest BCUT2D eigenvalue weighted by molar-refractivity contribution is 5.91. The largest absolute Gasteiger partial charge is 0.357 e. The van der Waals surface area contributed by atoms with Gasteiger partial charge in [0.2, 0.25) is 0 Å². The molecule has 7 nitrogen and oxygen atoms in total. The van der Waals surface area contributed by atoms with Crippen LogP contribution < -0.4 is 10.2 Å². The topological polar surface area (TPSA) is 83.9 Å². The van der Waals surface area contributed by atoms with Gasteiger partial charge in [-0.1, -0.05) is 0 Å². The summed E-state index contributed by atoms with van der Waals surface area (Å²) in [4.78, 5) is 31.2. The third kappa shape index (κ3) is 4.00. The minimum Gasteiger partial charge on any atom is -0.357 e. The molecule has 2 aromatic heterocycles. The molecule has 3 rings (SSSR count). The third-order valence-corrected chi connectivity index (χ3v) is 3.77. The lowest BCUT2D eigenvalue weighted by Gasteiger charge is -2.28. The van der Waals surface area contributed by atoms with Crippen molar-refractivity contribution in [3.63, 3.8) is 0 Å². The second-order valence-corrected chi connectivity index (χ2v) is 5.60. The third-order valence-electron chi connectivity index (χ3n) is 3.77. The number of carbonyl (C=O) groups excluding carboxylic acids is 1. The molecule has 23 heavy (non-hydrogen) atoms. The molecule has 0 radical (unpaired) electrons. The lowest BCUT2D eigenvalue weighted by molar-refractivity contribution is 0.0944. The highest BCUT2D eigenvalue weighted by Crippen LogP contribution is 2.18. The Morgan fingerprint density at radius 2 is 2.04 bits per heavy atom. The van der Waals surface area contributed by atoms with Crippen molar-refractivity contribution in [2.45, 2.75) is 32.7 Å². The molecule has 0 bridgehead atoms. The monoisotopic (exact) mass is 312 g/mol. The van der Waals surface area contributed by atoms with Gasteiger partial charge in [0.15, 0.2) is 0 Å². The van der Waals surface area contributed by atoms with Gasteiger partial charge in [0.1, 0.15) is 17.3 Å². The van der Waals surface area contributed by atoms with Crippen LogP contribution in [0.5, 0.6) is 0 Å². The van der Waals surface area contributed by atoms with Gasteiger partial charge in [-0.25, -0.2) is 15.0 Å². The normalized spacial score (nSPS) is 14.6. The van der Waals surface area contributed by atoms with Crippen LogP contribution in [0.3, 0.4) is 0 Å². The first-order chi connectivity index (χ1) is 11.2. The Labute approximate surface area is 135 Å². The van der Waals surface area contributed by atoms with E-state index < -0.39 is 0 Å². The van der Waals surface area contributed by atoms with Crippen molar-refractivity contribution in [2.75, 3.05) is 18.0 Å². The standard InChI is InChI=1S/C16H20N6O/c1-12-9-15(22-7-3-2-4-8-22)21-14(20-12)11-19-16(23)13-10-17-5-6-18-13/h5-6,9-10H,2-4,7-8,11H2,1H3,(H,19,23). The number of aromatic nitrogens is 4. The molecule has 7 heteroatoms. The Bertz CT molecular complexity index is 670. The van der Waals surface area contributed by atoms with Gasteiger partial charge in [-0.3, -0.25) is 9.78 Å². The predicted molar refractivity (Wildman–Crippen MR) is 86.0 cm³/mol. The summed E-state index contributed by atoms with van der Waals surface area (Å²) < 4.78 is 0. The molecule has 3 heterocycles. The maximum atomic E-state index is 12.0. The van der Waals surface area contributed by atoms with Crippen molar-refractivity contribution >= 4 is 11.7 Å². The molecule has 1 fully saturated rings. The summed E-state index contributed by atoms with van der Waals surface area (Å²) in [5.41, 5.74) is 1.20. The number of piperidine rings is 1. The molecule has 1 N–H and O–H groups in total. The predicted octanol–water partition coefficient (Wildman–Crippen LogP) is 1.50. The van der Waals surface area contributed by atoms with Crippen molar-refractivity contribution in [2.24, 2.45) is 0 Å². The minimum atomic E-state index is -0.275. The quantitative estimate of drug-likeness (QED) is 0.921. The fraction of sp³-hybridized carbons (Fsp3) is 0.438. The van der Waals surface area contributed by atoms with Gasteiger partial charge in [0.05, 0.1) is 12.7 Å². The number of hydrogen-bond acceptors (Lipinski definition) is 6. The van der Waals surface area contributed by atoms with Gasteiger partial charge >= 0.3 is 0 Å². The zero-order valence-electron chi connectivity index (χ0n) is 13.2. The number of nitrogens with zero attached hydrogens (tertiary/aromatic N) is 5. The highest BCUT2D eigenvalue weighted by atomic mass is 16.1. The second-order valence-electron chi connectivity index (χ2n) is 5.60. The Morgan fingerprint density at radius 3 is 2.78 bits per heavy atom. The summed E-state index contributed by atoms with van der Waals surface area (Å²) in [5, 5.41) is 2.79. The lowest BCUT2D eigenvalue weighted by Crippen LogP contribution is -2.31. The van der Waals surface area contributed by atoms with E-state index in [9.17, 15) is 4.79 Å². The maximum absolute atomic E-state index is 12.0. The van der Waals surface area contributed by atoms with Gasteiger partial charge in [-0.15, -0.1) is 0 Å². The number of rotatable bonds is 4. The number of nitrogens with one attached hydrogen (secondary N) is 1. The first-order valence-electron chi connectivity index (χ1n) is 7.86. The van der Waals surface area contributed by atoms with Crippen molar-refractivity contribution in [3.05, 3.63) is 41.9 Å². The van der Waals surface area contributed by atoms with E-state index in [4.69, 9.17) is 0 Å². The molecule has 1 aliphatic rings. The van der Waals surface area contributed by atoms with Crippen molar-refractivity contribution in [3.8, 4) is 0 Å². The molecule has 0 saturated carbocycles. The smallest absolute Gasteiger partial charge is 0.271 e. The number of anilines is 1. The Kier molecular flexibility index (Phi) is 4.75. The Balaban J connectivity index is 1.68. The zero-order valence-corrected chi connectivity index (χ0v) is 13.2. The first-order valence-corrected chi connectivity index (χ1v) is 7.86. The molecule has 0 aromatic carbocycles. The number of carbonyl (C=O) groups is 1. The van der Waals surface area contributed by atoms with Crippen LogP contribution in [0.1, 0.15) is 41.3 Å². The van der Waals surface area contributed by atoms with Crippen LogP contribution in [-0.2, 0) is 6.54 Å². The molecule has 2 aromatic rings. The van der Waals surface area contributed by atoms with Crippen LogP contribution in [-0.4, -0.2) is 38.9 Å². The SMILES string of the molecule is Cc1cc(N2CCCCC2)nc(CNC(=O)c2cnccn2)n1. The van der Waals surface area contributed by atoms with Crippen molar-refractivity contribution in [1.29, 1.82) is 0 Å². The van der Waals surface area contributed by atoms with E-state index in [0.29, 0.717) is 5.82 Å². The number of aryl methyl sites for hydroxylation is 1. The average molecular weight is 312 g/mol. The van der Waals surface area contributed by atoms with Crippen LogP contribution in [0.25, 0.3) is 0 Å². The second kappa shape index (κ2) is 7.13. The number of amides is 1. The minimum absolute atomic E-state index is 0.275. The van der Waals surface area contributed by atoms with Crippen molar-refractivity contribution < 1.29 is 4.79 Å². The molecule has 0 unspecified atom stereocenters. The molecule has 1 amide bonds. The fourth-order valence-electron chi connectivity index (χ4n) is 2.64. The molecular formula is C16H20N6O. The van der Waals surface area contributed by atoms with Gasteiger partial charge in [-0.05, 0) is 26.2 Å². The van der Waals surface area contributed by atoms with Gasteiger partial charge in [0, 0.05) is 37.2 Å². The molecule has 120 valence electrons. The highest BCUT2D eigenvalue weighted by Gasteiger charge is 2.14. The molecule has 1 saturated heterocycles. The van der Waals surface area contributed by atoms with E-state index in [1.54, 1.807) is 0 Å². The summed E-state index contributed by atoms with van der Waals surface area (Å²) in [7, 11) is 0.